The molecule has 0 radical (unpaired) electrons. The fourth-order valence-corrected chi connectivity index (χ4v) is 8.25. The molecule has 7 rings (SSSR count). The Labute approximate surface area is 301 Å². The highest BCUT2D eigenvalue weighted by molar-refractivity contribution is 6.07. The van der Waals surface area contributed by atoms with Crippen molar-refractivity contribution in [2.75, 3.05) is 44.6 Å². The molecule has 3 N–H and O–H groups in total. The molecule has 4 aromatic rings. The molecule has 0 bridgehead atoms. The number of anilines is 2. The van der Waals surface area contributed by atoms with Crippen LogP contribution in [0.4, 0.5) is 17.1 Å². The lowest BCUT2D eigenvalue weighted by Gasteiger charge is -2.45. The van der Waals surface area contributed by atoms with E-state index in [0.717, 1.165) is 72.2 Å². The smallest absolute Gasteiger partial charge is 0.337 e. The molecular formula is C42H49N5O4. The van der Waals surface area contributed by atoms with Crippen LogP contribution in [0.2, 0.25) is 0 Å². The van der Waals surface area contributed by atoms with Gasteiger partial charge in [0.15, 0.2) is 0 Å². The van der Waals surface area contributed by atoms with Crippen LogP contribution in [0.15, 0.2) is 108 Å². The molecule has 1 spiro atoms. The highest BCUT2D eigenvalue weighted by Gasteiger charge is 2.60. The van der Waals surface area contributed by atoms with Crippen molar-refractivity contribution in [3.05, 3.63) is 114 Å². The zero-order chi connectivity index (χ0) is 36.1. The fraction of sp³-hybridized carbons (Fsp3) is 0.357. The van der Waals surface area contributed by atoms with Crippen LogP contribution >= 0.6 is 0 Å². The molecule has 0 unspecified atom stereocenters. The SMILES string of the molecule is CC[C@H]1CN2CC[C@]3(C(=O)Nc4ccccc43)[C@@H]2C[C@@H]1/C(=C\OC)C(=O)OC.CCc1cccc(N(C)C(N)=Nc2cccc3ccccc23)c1. The lowest BCUT2D eigenvalue weighted by Crippen LogP contribution is -2.53. The number of carbonyl (C=O) groups is 2. The number of nitrogens with two attached hydrogens (primary N) is 1. The Morgan fingerprint density at radius 1 is 1.04 bits per heavy atom. The Morgan fingerprint density at radius 3 is 2.55 bits per heavy atom. The average Bonchev–Trinajstić information content (AvgIpc) is 3.69. The number of hydrogen-bond donors (Lipinski definition) is 2. The monoisotopic (exact) mass is 687 g/mol. The van der Waals surface area contributed by atoms with Crippen molar-refractivity contribution in [3.63, 3.8) is 0 Å². The second-order valence-corrected chi connectivity index (χ2v) is 13.6. The number of rotatable bonds is 7. The number of ether oxygens (including phenoxy) is 2. The van der Waals surface area contributed by atoms with Gasteiger partial charge in [-0.1, -0.05) is 87.0 Å². The summed E-state index contributed by atoms with van der Waals surface area (Å²) in [4.78, 5) is 34.7. The van der Waals surface area contributed by atoms with Crippen LogP contribution < -0.4 is 16.0 Å². The van der Waals surface area contributed by atoms with E-state index < -0.39 is 5.41 Å². The van der Waals surface area contributed by atoms with E-state index in [-0.39, 0.29) is 23.8 Å². The van der Waals surface area contributed by atoms with Gasteiger partial charge in [0.05, 0.1) is 37.2 Å². The number of para-hydroxylation sites is 1. The van der Waals surface area contributed by atoms with Gasteiger partial charge in [-0.05, 0) is 78.4 Å². The number of esters is 1. The first kappa shape index (κ1) is 35.7. The van der Waals surface area contributed by atoms with E-state index >= 15 is 0 Å². The van der Waals surface area contributed by atoms with Crippen LogP contribution in [0.25, 0.3) is 10.8 Å². The maximum absolute atomic E-state index is 13.2. The lowest BCUT2D eigenvalue weighted by atomic mass is 9.67. The molecule has 0 saturated carbocycles. The van der Waals surface area contributed by atoms with Crippen LogP contribution in [0.5, 0.6) is 0 Å². The molecule has 4 atom stereocenters. The molecule has 3 aliphatic rings. The lowest BCUT2D eigenvalue weighted by molar-refractivity contribution is -0.137. The third kappa shape index (κ3) is 6.82. The maximum Gasteiger partial charge on any atom is 0.337 e. The Bertz CT molecular complexity index is 1950. The van der Waals surface area contributed by atoms with Gasteiger partial charge in [-0.25, -0.2) is 9.79 Å². The van der Waals surface area contributed by atoms with Crippen molar-refractivity contribution in [1.29, 1.82) is 0 Å². The van der Waals surface area contributed by atoms with Gasteiger partial charge >= 0.3 is 5.97 Å². The van der Waals surface area contributed by atoms with E-state index in [9.17, 15) is 9.59 Å². The Hall–Kier alpha value is -5.15. The van der Waals surface area contributed by atoms with Gasteiger partial charge in [-0.15, -0.1) is 0 Å². The summed E-state index contributed by atoms with van der Waals surface area (Å²) < 4.78 is 10.3. The van der Waals surface area contributed by atoms with E-state index in [1.165, 1.54) is 18.9 Å². The van der Waals surface area contributed by atoms with Crippen molar-refractivity contribution in [2.45, 2.75) is 51.0 Å². The molecule has 51 heavy (non-hydrogen) atoms. The van der Waals surface area contributed by atoms with Gasteiger partial charge in [0.2, 0.25) is 11.9 Å². The quantitative estimate of drug-likeness (QED) is 0.0696. The maximum atomic E-state index is 13.2. The number of aliphatic imine (C=N–C) groups is 1. The normalized spacial score (nSPS) is 22.8. The second kappa shape index (κ2) is 15.4. The van der Waals surface area contributed by atoms with E-state index in [0.29, 0.717) is 17.5 Å². The number of aryl methyl sites for hydroxylation is 1. The Kier molecular flexibility index (Phi) is 10.8. The third-order valence-electron chi connectivity index (χ3n) is 11.0. The molecule has 0 aliphatic carbocycles. The number of guanidine groups is 1. The fourth-order valence-electron chi connectivity index (χ4n) is 8.25. The summed E-state index contributed by atoms with van der Waals surface area (Å²) in [7, 11) is 4.90. The van der Waals surface area contributed by atoms with Crippen molar-refractivity contribution in [1.82, 2.24) is 4.90 Å². The van der Waals surface area contributed by atoms with Crippen molar-refractivity contribution < 1.29 is 19.1 Å². The minimum Gasteiger partial charge on any atom is -0.504 e. The Balaban J connectivity index is 0.000000179. The number of nitrogens with one attached hydrogen (secondary N) is 1. The summed E-state index contributed by atoms with van der Waals surface area (Å²) >= 11 is 0. The van der Waals surface area contributed by atoms with E-state index in [4.69, 9.17) is 15.2 Å². The number of hydrogen-bond acceptors (Lipinski definition) is 6. The molecule has 3 heterocycles. The first-order valence-corrected chi connectivity index (χ1v) is 17.9. The summed E-state index contributed by atoms with van der Waals surface area (Å²) in [6.07, 6.45) is 5.04. The van der Waals surface area contributed by atoms with E-state index in [1.54, 1.807) is 7.11 Å². The highest BCUT2D eigenvalue weighted by atomic mass is 16.5. The molecule has 4 aromatic carbocycles. The summed E-state index contributed by atoms with van der Waals surface area (Å²) in [6.45, 7) is 6.08. The molecule has 0 aromatic heterocycles. The highest BCUT2D eigenvalue weighted by Crippen LogP contribution is 2.53. The van der Waals surface area contributed by atoms with Gasteiger partial charge in [0.1, 0.15) is 0 Å². The topological polar surface area (TPSA) is 109 Å². The van der Waals surface area contributed by atoms with Gasteiger partial charge in [0.25, 0.3) is 0 Å². The van der Waals surface area contributed by atoms with E-state index in [2.05, 4.69) is 71.5 Å². The molecule has 9 heteroatoms. The van der Waals surface area contributed by atoms with Crippen molar-refractivity contribution in [2.24, 2.45) is 22.6 Å². The first-order valence-electron chi connectivity index (χ1n) is 17.9. The molecule has 2 saturated heterocycles. The average molecular weight is 688 g/mol. The standard InChI is InChI=1S/C22H28N2O4.C20H21N3/c1-4-14-12-24-10-9-22(17-7-5-6-8-18(17)23-21(22)26)19(24)11-15(14)16(13-27-2)20(25)28-3;1-3-15-8-6-11-17(14-15)23(2)20(21)22-19-13-7-10-16-9-4-5-12-18(16)19/h5-8,13-15,19H,4,9-12H2,1-3H3,(H,23,26);4-14H,3H2,1-2H3,(H2,21,22)/b16-13+;/t14-,15-,19-,22+;/m0./s1. The van der Waals surface area contributed by atoms with Crippen molar-refractivity contribution in [3.8, 4) is 0 Å². The largest absolute Gasteiger partial charge is 0.504 e. The summed E-state index contributed by atoms with van der Waals surface area (Å²) in [6, 6.07) is 30.7. The summed E-state index contributed by atoms with van der Waals surface area (Å²) in [5.41, 5.74) is 11.5. The third-order valence-corrected chi connectivity index (χ3v) is 11.0. The number of methoxy groups -OCH3 is 2. The molecule has 3 aliphatic heterocycles. The zero-order valence-corrected chi connectivity index (χ0v) is 30.3. The van der Waals surface area contributed by atoms with Crippen LogP contribution in [-0.4, -0.2) is 63.1 Å². The number of fused-ring (bicyclic) bond motifs is 5. The predicted molar refractivity (Wildman–Crippen MR) is 205 cm³/mol. The first-order chi connectivity index (χ1) is 24.7. The van der Waals surface area contributed by atoms with Crippen LogP contribution in [0.3, 0.4) is 0 Å². The summed E-state index contributed by atoms with van der Waals surface area (Å²) in [5.74, 6) is 0.558. The number of piperidine rings is 1. The molecule has 2 fully saturated rings. The molecule has 1 amide bonds. The minimum absolute atomic E-state index is 0.00851. The molecule has 9 nitrogen and oxygen atoms in total. The predicted octanol–water partition coefficient (Wildman–Crippen LogP) is 7.19. The molecule has 266 valence electrons. The van der Waals surface area contributed by atoms with Crippen LogP contribution in [0.1, 0.15) is 44.2 Å². The van der Waals surface area contributed by atoms with Gasteiger partial charge in [-0.2, -0.15) is 0 Å². The van der Waals surface area contributed by atoms with Crippen LogP contribution in [0, 0.1) is 11.8 Å². The second-order valence-electron chi connectivity index (χ2n) is 13.6. The van der Waals surface area contributed by atoms with Gasteiger partial charge < -0.3 is 25.4 Å². The number of benzene rings is 4. The number of amides is 1. The van der Waals surface area contributed by atoms with Gasteiger partial charge in [0, 0.05) is 36.4 Å². The summed E-state index contributed by atoms with van der Waals surface area (Å²) in [5, 5.41) is 5.36. The van der Waals surface area contributed by atoms with Crippen molar-refractivity contribution >= 4 is 45.7 Å². The van der Waals surface area contributed by atoms with E-state index in [1.807, 2.05) is 60.5 Å². The molecular weight excluding hydrogens is 638 g/mol. The number of nitrogens with zero attached hydrogens (tertiary/aromatic N) is 3. The number of carbonyl (C=O) groups excluding carboxylic acids is 2. The minimum atomic E-state index is -0.540. The van der Waals surface area contributed by atoms with Gasteiger partial charge in [-0.3, -0.25) is 9.69 Å². The zero-order valence-electron chi connectivity index (χ0n) is 30.3. The van der Waals surface area contributed by atoms with Crippen LogP contribution in [-0.2, 0) is 30.9 Å². The Morgan fingerprint density at radius 2 is 1.78 bits per heavy atom.